The van der Waals surface area contributed by atoms with Crippen LogP contribution < -0.4 is 0 Å². The molecule has 1 heterocycles. The number of likely N-dealkylation sites (tertiary alicyclic amines) is 1. The summed E-state index contributed by atoms with van der Waals surface area (Å²) < 4.78 is 0. The first-order valence-corrected chi connectivity index (χ1v) is 9.39. The molecule has 132 valence electrons. The summed E-state index contributed by atoms with van der Waals surface area (Å²) in [7, 11) is 2.24. The number of hydrogen-bond acceptors (Lipinski definition) is 3. The topological polar surface area (TPSA) is 30.3 Å². The van der Waals surface area contributed by atoms with Gasteiger partial charge in [-0.05, 0) is 58.2 Å². The van der Waals surface area contributed by atoms with Crippen LogP contribution in [0, 0.1) is 23.2 Å². The Hall–Kier alpha value is -1.37. The van der Waals surface area contributed by atoms with Gasteiger partial charge in [-0.15, -0.1) is 0 Å². The fourth-order valence-electron chi connectivity index (χ4n) is 3.87. The molecular weight excluding hydrogens is 294 g/mol. The van der Waals surface area contributed by atoms with Crippen molar-refractivity contribution >= 4 is 0 Å². The van der Waals surface area contributed by atoms with E-state index in [1.54, 1.807) is 0 Å². The Labute approximate surface area is 148 Å². The smallest absolute Gasteiger partial charge is 0.0652 e. The Kier molecular flexibility index (Phi) is 7.27. The fourth-order valence-corrected chi connectivity index (χ4v) is 3.87. The average Bonchev–Trinajstić information content (AvgIpc) is 2.58. The molecule has 0 radical (unpaired) electrons. The Balaban J connectivity index is 2.05. The van der Waals surface area contributed by atoms with Gasteiger partial charge in [-0.1, -0.05) is 37.3 Å². The van der Waals surface area contributed by atoms with Crippen molar-refractivity contribution in [3.8, 4) is 6.07 Å². The zero-order valence-corrected chi connectivity index (χ0v) is 15.8. The largest absolute Gasteiger partial charge is 0.303 e. The van der Waals surface area contributed by atoms with Crippen LogP contribution in [0.5, 0.6) is 0 Å². The zero-order chi connectivity index (χ0) is 17.5. The van der Waals surface area contributed by atoms with Crippen molar-refractivity contribution < 1.29 is 0 Å². The molecule has 0 aliphatic carbocycles. The van der Waals surface area contributed by atoms with Crippen LogP contribution in [-0.4, -0.2) is 42.0 Å². The summed E-state index contributed by atoms with van der Waals surface area (Å²) in [6.45, 7) is 10.0. The minimum absolute atomic E-state index is 0.164. The SMILES string of the molecule is C[C@H](C#N)CCCN(Cc1ccccc1)[C@@H]1C[C@@H](C)N(C)C[C@@H]1C. The average molecular weight is 328 g/mol. The van der Waals surface area contributed by atoms with Crippen LogP contribution in [0.2, 0.25) is 0 Å². The molecule has 0 unspecified atom stereocenters. The highest BCUT2D eigenvalue weighted by atomic mass is 15.2. The van der Waals surface area contributed by atoms with Crippen LogP contribution in [0.3, 0.4) is 0 Å². The van der Waals surface area contributed by atoms with Gasteiger partial charge < -0.3 is 4.90 Å². The van der Waals surface area contributed by atoms with Crippen molar-refractivity contribution in [2.45, 2.75) is 58.7 Å². The summed E-state index contributed by atoms with van der Waals surface area (Å²) in [6.07, 6.45) is 3.34. The molecule has 1 aliphatic heterocycles. The van der Waals surface area contributed by atoms with Gasteiger partial charge in [-0.3, -0.25) is 4.90 Å². The van der Waals surface area contributed by atoms with Crippen molar-refractivity contribution in [3.05, 3.63) is 35.9 Å². The zero-order valence-electron chi connectivity index (χ0n) is 15.8. The molecule has 1 aromatic rings. The van der Waals surface area contributed by atoms with E-state index < -0.39 is 0 Å². The fraction of sp³-hybridized carbons (Fsp3) is 0.667. The molecule has 0 bridgehead atoms. The normalized spacial score (nSPS) is 26.2. The van der Waals surface area contributed by atoms with Crippen LogP contribution in [0.1, 0.15) is 45.6 Å². The first kappa shape index (κ1) is 19.0. The number of piperidine rings is 1. The molecule has 0 amide bonds. The van der Waals surface area contributed by atoms with Gasteiger partial charge in [0.2, 0.25) is 0 Å². The van der Waals surface area contributed by atoms with E-state index in [1.807, 2.05) is 6.92 Å². The van der Waals surface area contributed by atoms with Gasteiger partial charge in [-0.25, -0.2) is 0 Å². The van der Waals surface area contributed by atoms with E-state index in [0.29, 0.717) is 18.0 Å². The lowest BCUT2D eigenvalue weighted by Gasteiger charge is -2.45. The van der Waals surface area contributed by atoms with E-state index in [0.717, 1.165) is 25.9 Å². The van der Waals surface area contributed by atoms with Gasteiger partial charge >= 0.3 is 0 Å². The molecule has 0 spiro atoms. The number of nitriles is 1. The highest BCUT2D eigenvalue weighted by Crippen LogP contribution is 2.27. The van der Waals surface area contributed by atoms with Crippen molar-refractivity contribution in [2.75, 3.05) is 20.1 Å². The Morgan fingerprint density at radius 1 is 1.29 bits per heavy atom. The molecule has 1 fully saturated rings. The maximum Gasteiger partial charge on any atom is 0.0652 e. The third-order valence-corrected chi connectivity index (χ3v) is 5.57. The van der Waals surface area contributed by atoms with Crippen molar-refractivity contribution in [3.63, 3.8) is 0 Å². The quantitative estimate of drug-likeness (QED) is 0.753. The lowest BCUT2D eigenvalue weighted by atomic mass is 9.88. The number of nitrogens with zero attached hydrogens (tertiary/aromatic N) is 3. The first-order chi connectivity index (χ1) is 11.5. The second-order valence-corrected chi connectivity index (χ2v) is 7.70. The summed E-state index contributed by atoms with van der Waals surface area (Å²) in [5, 5.41) is 9.02. The van der Waals surface area contributed by atoms with E-state index in [2.05, 4.69) is 67.1 Å². The second kappa shape index (κ2) is 9.20. The van der Waals surface area contributed by atoms with Gasteiger partial charge in [0.1, 0.15) is 0 Å². The molecule has 0 aromatic heterocycles. The molecule has 1 aromatic carbocycles. The maximum atomic E-state index is 9.02. The minimum Gasteiger partial charge on any atom is -0.303 e. The highest BCUT2D eigenvalue weighted by Gasteiger charge is 2.32. The third kappa shape index (κ3) is 5.33. The number of benzene rings is 1. The molecule has 24 heavy (non-hydrogen) atoms. The monoisotopic (exact) mass is 327 g/mol. The van der Waals surface area contributed by atoms with Gasteiger partial charge in [0, 0.05) is 31.1 Å². The van der Waals surface area contributed by atoms with Crippen LogP contribution in [0.15, 0.2) is 30.3 Å². The standard InChI is InChI=1S/C21H33N3/c1-17(14-22)9-8-12-24(16-20-10-6-5-7-11-20)21-13-19(3)23(4)15-18(21)2/h5-7,10-11,17-19,21H,8-9,12-13,15-16H2,1-4H3/t17-,18-,19+,21+/m0/s1. The highest BCUT2D eigenvalue weighted by molar-refractivity contribution is 5.14. The second-order valence-electron chi connectivity index (χ2n) is 7.70. The third-order valence-electron chi connectivity index (χ3n) is 5.57. The Bertz CT molecular complexity index is 522. The minimum atomic E-state index is 0.164. The molecule has 1 saturated heterocycles. The van der Waals surface area contributed by atoms with Crippen molar-refractivity contribution in [1.29, 1.82) is 5.26 Å². The summed E-state index contributed by atoms with van der Waals surface area (Å²) in [6, 6.07) is 14.4. The van der Waals surface area contributed by atoms with Gasteiger partial charge in [0.05, 0.1) is 6.07 Å². The van der Waals surface area contributed by atoms with Crippen LogP contribution >= 0.6 is 0 Å². The van der Waals surface area contributed by atoms with Crippen LogP contribution in [-0.2, 0) is 6.54 Å². The Morgan fingerprint density at radius 3 is 2.67 bits per heavy atom. The van der Waals surface area contributed by atoms with Gasteiger partial charge in [-0.2, -0.15) is 5.26 Å². The van der Waals surface area contributed by atoms with E-state index in [9.17, 15) is 0 Å². The van der Waals surface area contributed by atoms with E-state index in [1.165, 1.54) is 18.5 Å². The lowest BCUT2D eigenvalue weighted by Crippen LogP contribution is -2.52. The lowest BCUT2D eigenvalue weighted by molar-refractivity contribution is 0.0398. The maximum absolute atomic E-state index is 9.02. The molecule has 2 rings (SSSR count). The molecule has 4 atom stereocenters. The summed E-state index contributed by atoms with van der Waals surface area (Å²) in [5.74, 6) is 0.848. The van der Waals surface area contributed by atoms with Crippen LogP contribution in [0.4, 0.5) is 0 Å². The molecule has 3 nitrogen and oxygen atoms in total. The van der Waals surface area contributed by atoms with Gasteiger partial charge in [0.25, 0.3) is 0 Å². The van der Waals surface area contributed by atoms with Crippen molar-refractivity contribution in [2.24, 2.45) is 11.8 Å². The summed E-state index contributed by atoms with van der Waals surface area (Å²) >= 11 is 0. The van der Waals surface area contributed by atoms with E-state index in [-0.39, 0.29) is 5.92 Å². The number of hydrogen-bond donors (Lipinski definition) is 0. The van der Waals surface area contributed by atoms with E-state index >= 15 is 0 Å². The van der Waals surface area contributed by atoms with E-state index in [4.69, 9.17) is 5.26 Å². The predicted molar refractivity (Wildman–Crippen MR) is 101 cm³/mol. The summed E-state index contributed by atoms with van der Waals surface area (Å²) in [4.78, 5) is 5.16. The molecular formula is C21H33N3. The van der Waals surface area contributed by atoms with Crippen molar-refractivity contribution in [1.82, 2.24) is 9.80 Å². The first-order valence-electron chi connectivity index (χ1n) is 9.39. The molecule has 1 aliphatic rings. The predicted octanol–water partition coefficient (Wildman–Crippen LogP) is 4.16. The summed E-state index contributed by atoms with van der Waals surface area (Å²) in [5.41, 5.74) is 1.39. The number of rotatable bonds is 7. The van der Waals surface area contributed by atoms with Crippen LogP contribution in [0.25, 0.3) is 0 Å². The molecule has 0 saturated carbocycles. The molecule has 3 heteroatoms. The Morgan fingerprint density at radius 2 is 2.00 bits per heavy atom. The van der Waals surface area contributed by atoms with Gasteiger partial charge in [0.15, 0.2) is 0 Å². The molecule has 0 N–H and O–H groups in total.